The van der Waals surface area contributed by atoms with Crippen LogP contribution in [0, 0.1) is 11.8 Å². The summed E-state index contributed by atoms with van der Waals surface area (Å²) in [6.45, 7) is 4.76. The number of fused-ring (bicyclic) bond motifs is 2. The van der Waals surface area contributed by atoms with Crippen LogP contribution in [0.3, 0.4) is 0 Å². The molecule has 10 heteroatoms. The lowest BCUT2D eigenvalue weighted by Gasteiger charge is -2.33. The first-order valence-corrected chi connectivity index (χ1v) is 10.9. The van der Waals surface area contributed by atoms with Crippen LogP contribution >= 0.6 is 11.3 Å². The Morgan fingerprint density at radius 2 is 2.00 bits per heavy atom. The number of halogens is 3. The molecular weight excluding hydrogens is 413 g/mol. The third kappa shape index (κ3) is 4.02. The van der Waals surface area contributed by atoms with Crippen LogP contribution in [-0.4, -0.2) is 57.0 Å². The molecule has 6 nitrogen and oxygen atoms in total. The van der Waals surface area contributed by atoms with Crippen molar-refractivity contribution < 1.29 is 13.2 Å². The molecule has 30 heavy (non-hydrogen) atoms. The minimum atomic E-state index is -4.21. The Bertz CT molecular complexity index is 1040. The first-order chi connectivity index (χ1) is 14.3. The fourth-order valence-electron chi connectivity index (χ4n) is 4.80. The first kappa shape index (κ1) is 19.7. The summed E-state index contributed by atoms with van der Waals surface area (Å²) in [6, 6.07) is 1.62. The molecule has 2 aliphatic heterocycles. The largest absolute Gasteiger partial charge is 0.393 e. The van der Waals surface area contributed by atoms with Crippen molar-refractivity contribution in [1.29, 1.82) is 0 Å². The van der Waals surface area contributed by atoms with Crippen LogP contribution in [0.5, 0.6) is 0 Å². The Hall–Kier alpha value is -2.20. The number of anilines is 1. The van der Waals surface area contributed by atoms with Gasteiger partial charge in [-0.1, -0.05) is 0 Å². The summed E-state index contributed by atoms with van der Waals surface area (Å²) < 4.78 is 40.3. The summed E-state index contributed by atoms with van der Waals surface area (Å²) in [4.78, 5) is 14.3. The zero-order chi connectivity index (χ0) is 20.9. The molecule has 3 aromatic rings. The average Bonchev–Trinajstić information content (AvgIpc) is 3.37. The molecule has 2 aliphatic rings. The van der Waals surface area contributed by atoms with Crippen molar-refractivity contribution in [1.82, 2.24) is 24.6 Å². The molecular formula is C20H23F3N6S. The summed E-state index contributed by atoms with van der Waals surface area (Å²) in [5.41, 5.74) is 1.22. The van der Waals surface area contributed by atoms with E-state index in [-0.39, 0.29) is 0 Å². The van der Waals surface area contributed by atoms with Crippen LogP contribution < -0.4 is 4.90 Å². The van der Waals surface area contributed by atoms with Gasteiger partial charge in [-0.15, -0.1) is 11.3 Å². The van der Waals surface area contributed by atoms with Gasteiger partial charge in [-0.2, -0.15) is 18.3 Å². The van der Waals surface area contributed by atoms with Gasteiger partial charge in [-0.05, 0) is 30.9 Å². The van der Waals surface area contributed by atoms with Gasteiger partial charge in [0.15, 0.2) is 0 Å². The zero-order valence-corrected chi connectivity index (χ0v) is 17.5. The number of hydrogen-bond acceptors (Lipinski definition) is 6. The normalized spacial score (nSPS) is 22.7. The maximum atomic E-state index is 12.8. The van der Waals surface area contributed by atoms with Crippen molar-refractivity contribution in [2.45, 2.75) is 25.6 Å². The van der Waals surface area contributed by atoms with E-state index < -0.39 is 12.6 Å². The molecule has 2 fully saturated rings. The van der Waals surface area contributed by atoms with E-state index in [4.69, 9.17) is 0 Å². The summed E-state index contributed by atoms with van der Waals surface area (Å²) >= 11 is 1.11. The Morgan fingerprint density at radius 3 is 2.77 bits per heavy atom. The van der Waals surface area contributed by atoms with Crippen LogP contribution in [0.1, 0.15) is 16.9 Å². The van der Waals surface area contributed by atoms with E-state index in [1.165, 1.54) is 11.9 Å². The molecule has 5 rings (SSSR count). The molecule has 0 saturated carbocycles. The van der Waals surface area contributed by atoms with Crippen molar-refractivity contribution >= 4 is 27.4 Å². The molecule has 0 aromatic carbocycles. The van der Waals surface area contributed by atoms with Crippen LogP contribution in [0.15, 0.2) is 24.8 Å². The van der Waals surface area contributed by atoms with E-state index >= 15 is 0 Å². The van der Waals surface area contributed by atoms with Gasteiger partial charge in [-0.25, -0.2) is 9.97 Å². The van der Waals surface area contributed by atoms with E-state index in [1.54, 1.807) is 6.07 Å². The Kier molecular flexibility index (Phi) is 4.93. The highest BCUT2D eigenvalue weighted by Crippen LogP contribution is 2.38. The van der Waals surface area contributed by atoms with Gasteiger partial charge in [0.05, 0.1) is 18.0 Å². The Morgan fingerprint density at radius 1 is 1.17 bits per heavy atom. The van der Waals surface area contributed by atoms with Gasteiger partial charge in [-0.3, -0.25) is 9.58 Å². The third-order valence-corrected chi connectivity index (χ3v) is 7.13. The molecule has 0 radical (unpaired) electrons. The van der Waals surface area contributed by atoms with Crippen LogP contribution in [0.25, 0.3) is 10.2 Å². The predicted molar refractivity (Wildman–Crippen MR) is 109 cm³/mol. The topological polar surface area (TPSA) is 50.1 Å². The van der Waals surface area contributed by atoms with Gasteiger partial charge < -0.3 is 4.90 Å². The molecule has 5 heterocycles. The number of hydrogen-bond donors (Lipinski definition) is 0. The lowest BCUT2D eigenvalue weighted by atomic mass is 9.88. The van der Waals surface area contributed by atoms with Crippen LogP contribution in [0.2, 0.25) is 0 Å². The van der Waals surface area contributed by atoms with Crippen molar-refractivity contribution in [2.75, 3.05) is 31.1 Å². The molecule has 0 bridgehead atoms. The number of alkyl halides is 3. The molecule has 2 saturated heterocycles. The standard InChI is InChI=1S/C20H23F3N6S/c1-27-7-13(6-26-27)8-28-3-2-14-10-29(11-15(14)9-28)18-17-4-16(5-20(21,22)23)30-19(17)25-12-24-18/h4,6-7,12,14-15H,2-3,5,8-11H2,1H3. The summed E-state index contributed by atoms with van der Waals surface area (Å²) in [6.07, 6.45) is 1.44. The molecule has 0 aliphatic carbocycles. The highest BCUT2D eigenvalue weighted by molar-refractivity contribution is 7.18. The first-order valence-electron chi connectivity index (χ1n) is 10.1. The highest BCUT2D eigenvalue weighted by atomic mass is 32.1. The van der Waals surface area contributed by atoms with Crippen LogP contribution in [-0.2, 0) is 20.0 Å². The van der Waals surface area contributed by atoms with E-state index in [9.17, 15) is 13.2 Å². The third-order valence-electron chi connectivity index (χ3n) is 6.08. The number of rotatable bonds is 4. The monoisotopic (exact) mass is 436 g/mol. The van der Waals surface area contributed by atoms with Gasteiger partial charge in [0.1, 0.15) is 17.0 Å². The predicted octanol–water partition coefficient (Wildman–Crippen LogP) is 3.49. The molecule has 0 amide bonds. The Labute approximate surface area is 176 Å². The number of aryl methyl sites for hydroxylation is 1. The zero-order valence-electron chi connectivity index (χ0n) is 16.6. The van der Waals surface area contributed by atoms with E-state index in [2.05, 4.69) is 31.1 Å². The van der Waals surface area contributed by atoms with Crippen molar-refractivity contribution in [2.24, 2.45) is 18.9 Å². The molecule has 0 spiro atoms. The second-order valence-corrected chi connectivity index (χ2v) is 9.51. The highest BCUT2D eigenvalue weighted by Gasteiger charge is 2.38. The number of piperidine rings is 1. The lowest BCUT2D eigenvalue weighted by Crippen LogP contribution is -2.39. The van der Waals surface area contributed by atoms with E-state index in [0.29, 0.717) is 21.5 Å². The molecule has 0 N–H and O–H groups in total. The van der Waals surface area contributed by atoms with E-state index in [1.807, 2.05) is 17.9 Å². The SMILES string of the molecule is Cn1cc(CN2CCC3CN(c4ncnc5sc(CC(F)(F)F)cc45)CC3C2)cn1. The quantitative estimate of drug-likeness (QED) is 0.627. The summed E-state index contributed by atoms with van der Waals surface area (Å²) in [7, 11) is 1.93. The van der Waals surface area contributed by atoms with E-state index in [0.717, 1.165) is 61.7 Å². The van der Waals surface area contributed by atoms with Crippen molar-refractivity contribution in [3.63, 3.8) is 0 Å². The minimum absolute atomic E-state index is 0.290. The average molecular weight is 437 g/mol. The smallest absolute Gasteiger partial charge is 0.355 e. The van der Waals surface area contributed by atoms with Crippen LogP contribution in [0.4, 0.5) is 19.0 Å². The summed E-state index contributed by atoms with van der Waals surface area (Å²) in [5.74, 6) is 1.90. The number of thiophene rings is 1. The minimum Gasteiger partial charge on any atom is -0.355 e. The number of nitrogens with zero attached hydrogens (tertiary/aromatic N) is 6. The fourth-order valence-corrected chi connectivity index (χ4v) is 5.82. The number of likely N-dealkylation sites (tertiary alicyclic amines) is 1. The molecule has 3 aromatic heterocycles. The molecule has 160 valence electrons. The maximum Gasteiger partial charge on any atom is 0.393 e. The lowest BCUT2D eigenvalue weighted by molar-refractivity contribution is -0.126. The molecule has 2 unspecified atom stereocenters. The molecule has 2 atom stereocenters. The van der Waals surface area contributed by atoms with Gasteiger partial charge >= 0.3 is 6.18 Å². The van der Waals surface area contributed by atoms with Crippen molar-refractivity contribution in [3.05, 3.63) is 35.2 Å². The second kappa shape index (κ2) is 7.49. The van der Waals surface area contributed by atoms with Gasteiger partial charge in [0, 0.05) is 49.9 Å². The van der Waals surface area contributed by atoms with Gasteiger partial charge in [0.2, 0.25) is 0 Å². The summed E-state index contributed by atoms with van der Waals surface area (Å²) in [5, 5.41) is 4.99. The van der Waals surface area contributed by atoms with Gasteiger partial charge in [0.25, 0.3) is 0 Å². The van der Waals surface area contributed by atoms with Crippen molar-refractivity contribution in [3.8, 4) is 0 Å². The number of aromatic nitrogens is 4. The fraction of sp³-hybridized carbons (Fsp3) is 0.550. The Balaban J connectivity index is 1.31. The second-order valence-electron chi connectivity index (χ2n) is 8.39. The maximum absolute atomic E-state index is 12.8.